The molecule has 44 heavy (non-hydrogen) atoms. The SMILES string of the molecule is C[C@@H]1CN(C(=O)C(=O)Nc2cncc3cnn(COCC[Si](C)(C)C)c23)C(c2ccc3scnc3c2)CN1C(=O)C1(C)CC1. The van der Waals surface area contributed by atoms with Gasteiger partial charge >= 0.3 is 11.8 Å². The highest BCUT2D eigenvalue weighted by molar-refractivity contribution is 7.16. The zero-order valence-corrected chi connectivity index (χ0v) is 27.7. The summed E-state index contributed by atoms with van der Waals surface area (Å²) in [6.07, 6.45) is 6.60. The number of thiazole rings is 1. The van der Waals surface area contributed by atoms with Gasteiger partial charge in [0.25, 0.3) is 0 Å². The highest BCUT2D eigenvalue weighted by Gasteiger charge is 2.50. The van der Waals surface area contributed by atoms with Crippen molar-refractivity contribution in [1.29, 1.82) is 0 Å². The molecular formula is C31H39N7O4SSi. The first-order valence-electron chi connectivity index (χ1n) is 15.1. The van der Waals surface area contributed by atoms with Crippen LogP contribution in [-0.4, -0.2) is 81.1 Å². The van der Waals surface area contributed by atoms with Gasteiger partial charge in [-0.3, -0.25) is 19.4 Å². The second-order valence-electron chi connectivity index (χ2n) is 13.5. The van der Waals surface area contributed by atoms with E-state index in [2.05, 4.69) is 40.0 Å². The van der Waals surface area contributed by atoms with E-state index in [4.69, 9.17) is 4.74 Å². The van der Waals surface area contributed by atoms with Gasteiger partial charge in [-0.15, -0.1) is 11.3 Å². The highest BCUT2D eigenvalue weighted by atomic mass is 32.1. The Morgan fingerprint density at radius 2 is 1.91 bits per heavy atom. The van der Waals surface area contributed by atoms with Crippen LogP contribution in [0.1, 0.15) is 38.3 Å². The number of anilines is 1. The number of amides is 3. The Labute approximate surface area is 261 Å². The van der Waals surface area contributed by atoms with E-state index in [1.54, 1.807) is 38.8 Å². The van der Waals surface area contributed by atoms with Crippen molar-refractivity contribution in [2.24, 2.45) is 5.41 Å². The molecule has 13 heteroatoms. The van der Waals surface area contributed by atoms with E-state index in [9.17, 15) is 14.4 Å². The predicted octanol–water partition coefficient (Wildman–Crippen LogP) is 4.89. The van der Waals surface area contributed by atoms with Crippen LogP contribution in [0.15, 0.2) is 42.3 Å². The zero-order chi connectivity index (χ0) is 31.2. The van der Waals surface area contributed by atoms with Gasteiger partial charge in [0.2, 0.25) is 5.91 Å². The zero-order valence-electron chi connectivity index (χ0n) is 25.9. The second kappa shape index (κ2) is 11.7. The first-order valence-corrected chi connectivity index (χ1v) is 19.7. The van der Waals surface area contributed by atoms with Crippen LogP contribution in [0.25, 0.3) is 21.1 Å². The van der Waals surface area contributed by atoms with Crippen LogP contribution in [-0.2, 0) is 25.9 Å². The van der Waals surface area contributed by atoms with Gasteiger partial charge in [-0.2, -0.15) is 5.10 Å². The maximum absolute atomic E-state index is 13.9. The van der Waals surface area contributed by atoms with E-state index in [-0.39, 0.29) is 30.6 Å². The number of ether oxygens (including phenoxy) is 1. The Hall–Kier alpha value is -3.68. The van der Waals surface area contributed by atoms with E-state index in [1.165, 1.54) is 6.20 Å². The minimum atomic E-state index is -1.25. The van der Waals surface area contributed by atoms with Gasteiger partial charge in [0.15, 0.2) is 0 Å². The smallest absolute Gasteiger partial charge is 0.314 e. The van der Waals surface area contributed by atoms with E-state index in [0.717, 1.165) is 40.1 Å². The van der Waals surface area contributed by atoms with Crippen molar-refractivity contribution in [2.45, 2.75) is 71.2 Å². The van der Waals surface area contributed by atoms with Crippen molar-refractivity contribution in [3.05, 3.63) is 47.9 Å². The van der Waals surface area contributed by atoms with Crippen molar-refractivity contribution in [3.63, 3.8) is 0 Å². The van der Waals surface area contributed by atoms with Gasteiger partial charge in [0, 0.05) is 50.8 Å². The summed E-state index contributed by atoms with van der Waals surface area (Å²) in [5, 5.41) is 7.98. The van der Waals surface area contributed by atoms with Crippen LogP contribution in [0, 0.1) is 5.41 Å². The highest BCUT2D eigenvalue weighted by Crippen LogP contribution is 2.47. The lowest BCUT2D eigenvalue weighted by molar-refractivity contribution is -0.153. The van der Waals surface area contributed by atoms with E-state index in [1.807, 2.05) is 36.9 Å². The van der Waals surface area contributed by atoms with Gasteiger partial charge in [-0.25, -0.2) is 9.67 Å². The number of carbonyl (C=O) groups is 3. The molecule has 6 rings (SSSR count). The molecule has 2 aliphatic rings. The summed E-state index contributed by atoms with van der Waals surface area (Å²) in [7, 11) is -1.25. The molecule has 11 nitrogen and oxygen atoms in total. The lowest BCUT2D eigenvalue weighted by atomic mass is 9.97. The lowest BCUT2D eigenvalue weighted by Crippen LogP contribution is -2.59. The van der Waals surface area contributed by atoms with E-state index < -0.39 is 25.9 Å². The number of hydrogen-bond donors (Lipinski definition) is 1. The summed E-state index contributed by atoms with van der Waals surface area (Å²) in [6, 6.07) is 6.19. The van der Waals surface area contributed by atoms with Gasteiger partial charge in [0.1, 0.15) is 6.73 Å². The number of nitrogens with zero attached hydrogens (tertiary/aromatic N) is 6. The molecule has 0 radical (unpaired) electrons. The fourth-order valence-corrected chi connectivity index (χ4v) is 7.08. The molecule has 232 valence electrons. The summed E-state index contributed by atoms with van der Waals surface area (Å²) >= 11 is 1.54. The summed E-state index contributed by atoms with van der Waals surface area (Å²) in [5.74, 6) is -1.33. The number of fused-ring (bicyclic) bond motifs is 2. The lowest BCUT2D eigenvalue weighted by Gasteiger charge is -2.46. The standard InChI is InChI=1S/C31H39N7O4SSi/c1-20-16-37(25(17-36(20)30(41)31(2)8-9-31)21-6-7-26-23(12-21)33-18-43-26)29(40)28(39)35-24-15-32-13-22-14-34-38(27(22)24)19-42-10-11-44(3,4)5/h6-7,12-15,18,20,25H,8-11,16-17,19H2,1-5H3,(H,35,39)/t20-,25?/m1/s1. The van der Waals surface area contributed by atoms with Gasteiger partial charge in [-0.1, -0.05) is 32.6 Å². The molecule has 2 atom stereocenters. The minimum Gasteiger partial charge on any atom is -0.360 e. The molecule has 1 aliphatic heterocycles. The summed E-state index contributed by atoms with van der Waals surface area (Å²) in [5.41, 5.74) is 4.14. The third kappa shape index (κ3) is 6.13. The molecule has 4 aromatic rings. The van der Waals surface area contributed by atoms with Crippen LogP contribution >= 0.6 is 11.3 Å². The molecule has 4 heterocycles. The van der Waals surface area contributed by atoms with Gasteiger partial charge in [0.05, 0.1) is 45.4 Å². The maximum Gasteiger partial charge on any atom is 0.314 e. The summed E-state index contributed by atoms with van der Waals surface area (Å²) < 4.78 is 8.63. The fraction of sp³-hybridized carbons (Fsp3) is 0.484. The Bertz CT molecular complexity index is 1730. The molecule has 0 bridgehead atoms. The number of rotatable bonds is 8. The first-order chi connectivity index (χ1) is 20.9. The summed E-state index contributed by atoms with van der Waals surface area (Å²) in [6.45, 7) is 12.2. The van der Waals surface area contributed by atoms with Crippen molar-refractivity contribution < 1.29 is 19.1 Å². The van der Waals surface area contributed by atoms with Crippen LogP contribution in [0.2, 0.25) is 25.7 Å². The number of carbonyl (C=O) groups excluding carboxylic acids is 3. The van der Waals surface area contributed by atoms with Crippen LogP contribution in [0.5, 0.6) is 0 Å². The molecule has 1 saturated heterocycles. The Balaban J connectivity index is 1.24. The van der Waals surface area contributed by atoms with Crippen molar-refractivity contribution in [2.75, 3.05) is 25.0 Å². The summed E-state index contributed by atoms with van der Waals surface area (Å²) in [4.78, 5) is 53.2. The molecule has 1 saturated carbocycles. The van der Waals surface area contributed by atoms with Crippen molar-refractivity contribution in [3.8, 4) is 0 Å². The van der Waals surface area contributed by atoms with E-state index >= 15 is 0 Å². The molecule has 1 N–H and O–H groups in total. The van der Waals surface area contributed by atoms with Gasteiger partial charge in [-0.05, 0) is 43.5 Å². The first kappa shape index (κ1) is 30.3. The number of benzene rings is 1. The van der Waals surface area contributed by atoms with Gasteiger partial charge < -0.3 is 19.9 Å². The minimum absolute atomic E-state index is 0.111. The second-order valence-corrected chi connectivity index (χ2v) is 20.0. The molecule has 1 aliphatic carbocycles. The van der Waals surface area contributed by atoms with Crippen LogP contribution in [0.3, 0.4) is 0 Å². The number of hydrogen-bond acceptors (Lipinski definition) is 8. The molecule has 2 fully saturated rings. The van der Waals surface area contributed by atoms with Crippen molar-refractivity contribution >= 4 is 63.9 Å². The molecule has 3 amide bonds. The number of pyridine rings is 1. The molecule has 3 aromatic heterocycles. The molecule has 0 spiro atoms. The Morgan fingerprint density at radius 1 is 1.11 bits per heavy atom. The third-order valence-electron chi connectivity index (χ3n) is 8.71. The van der Waals surface area contributed by atoms with Crippen LogP contribution < -0.4 is 5.32 Å². The number of nitrogens with one attached hydrogen (secondary N) is 1. The Kier molecular flexibility index (Phi) is 8.05. The maximum atomic E-state index is 13.9. The average molecular weight is 634 g/mol. The quantitative estimate of drug-likeness (QED) is 0.167. The molecule has 1 aromatic carbocycles. The van der Waals surface area contributed by atoms with Crippen LogP contribution in [0.4, 0.5) is 5.69 Å². The third-order valence-corrected chi connectivity index (χ3v) is 11.2. The average Bonchev–Trinajstić information content (AvgIpc) is 3.37. The number of piperazine rings is 1. The predicted molar refractivity (Wildman–Crippen MR) is 173 cm³/mol. The van der Waals surface area contributed by atoms with E-state index in [0.29, 0.717) is 24.4 Å². The number of aromatic nitrogens is 4. The topological polar surface area (TPSA) is 123 Å². The Morgan fingerprint density at radius 3 is 2.66 bits per heavy atom. The fourth-order valence-electron chi connectivity index (χ4n) is 5.67. The largest absolute Gasteiger partial charge is 0.360 e. The van der Waals surface area contributed by atoms with Crippen molar-refractivity contribution in [1.82, 2.24) is 29.5 Å². The monoisotopic (exact) mass is 633 g/mol. The molecule has 1 unspecified atom stereocenters. The normalized spacial score (nSPS) is 19.8. The molecular weight excluding hydrogens is 595 g/mol.